The highest BCUT2D eigenvalue weighted by Crippen LogP contribution is 2.37. The molecule has 106 valence electrons. The number of carbonyl (C=O) groups is 1. The Labute approximate surface area is 128 Å². The van der Waals surface area contributed by atoms with Crippen molar-refractivity contribution in [1.82, 2.24) is 4.90 Å². The Morgan fingerprint density at radius 1 is 1.53 bits per heavy atom. The molecule has 2 atom stereocenters. The Morgan fingerprint density at radius 2 is 2.26 bits per heavy atom. The summed E-state index contributed by atoms with van der Waals surface area (Å²) in [5.74, 6) is 1.04. The van der Waals surface area contributed by atoms with Crippen molar-refractivity contribution in [3.8, 4) is 0 Å². The lowest BCUT2D eigenvalue weighted by Gasteiger charge is -2.43. The number of nitrogens with zero attached hydrogens (tertiary/aromatic N) is 1. The highest BCUT2D eigenvalue weighted by atomic mass is 79.9. The van der Waals surface area contributed by atoms with Gasteiger partial charge in [-0.3, -0.25) is 9.69 Å². The predicted octanol–water partition coefficient (Wildman–Crippen LogP) is 4.13. The SMILES string of the molecule is CC1CCCC(C(=O)Cc2ccc(Br)s2)(N(C)C)C1. The third-order valence-corrected chi connectivity index (χ3v) is 5.94. The zero-order valence-electron chi connectivity index (χ0n) is 11.9. The van der Waals surface area contributed by atoms with Gasteiger partial charge in [-0.05, 0) is 60.9 Å². The molecule has 0 aromatic carbocycles. The monoisotopic (exact) mass is 343 g/mol. The second kappa shape index (κ2) is 6.06. The van der Waals surface area contributed by atoms with Crippen LogP contribution in [-0.4, -0.2) is 30.3 Å². The summed E-state index contributed by atoms with van der Waals surface area (Å²) in [4.78, 5) is 16.2. The van der Waals surface area contributed by atoms with Gasteiger partial charge in [0.15, 0.2) is 5.78 Å². The van der Waals surface area contributed by atoms with Crippen molar-refractivity contribution < 1.29 is 4.79 Å². The average Bonchev–Trinajstić information content (AvgIpc) is 2.74. The van der Waals surface area contributed by atoms with Gasteiger partial charge in [-0.25, -0.2) is 0 Å². The molecule has 0 amide bonds. The van der Waals surface area contributed by atoms with Crippen molar-refractivity contribution in [2.45, 2.75) is 44.6 Å². The van der Waals surface area contributed by atoms with Crippen molar-refractivity contribution in [3.05, 3.63) is 20.8 Å². The van der Waals surface area contributed by atoms with E-state index in [0.717, 1.165) is 21.5 Å². The Hall–Kier alpha value is -0.190. The van der Waals surface area contributed by atoms with Gasteiger partial charge in [0.2, 0.25) is 0 Å². The molecule has 2 rings (SSSR count). The normalized spacial score (nSPS) is 27.7. The van der Waals surface area contributed by atoms with E-state index in [4.69, 9.17) is 0 Å². The molecular weight excluding hydrogens is 322 g/mol. The third kappa shape index (κ3) is 3.29. The fraction of sp³-hybridized carbons (Fsp3) is 0.667. The third-order valence-electron chi connectivity index (χ3n) is 4.31. The van der Waals surface area contributed by atoms with Crippen molar-refractivity contribution in [2.24, 2.45) is 5.92 Å². The molecule has 4 heteroatoms. The number of halogens is 1. The second-order valence-electron chi connectivity index (χ2n) is 5.93. The number of rotatable bonds is 4. The highest BCUT2D eigenvalue weighted by molar-refractivity contribution is 9.11. The summed E-state index contributed by atoms with van der Waals surface area (Å²) in [5.41, 5.74) is -0.242. The summed E-state index contributed by atoms with van der Waals surface area (Å²) in [6.45, 7) is 2.27. The number of likely N-dealkylation sites (N-methyl/N-ethyl adjacent to an activating group) is 1. The van der Waals surface area contributed by atoms with Crippen LogP contribution in [0.5, 0.6) is 0 Å². The maximum absolute atomic E-state index is 12.8. The fourth-order valence-electron chi connectivity index (χ4n) is 3.20. The summed E-state index contributed by atoms with van der Waals surface area (Å²) < 4.78 is 1.10. The first-order valence-electron chi connectivity index (χ1n) is 6.89. The number of hydrogen-bond donors (Lipinski definition) is 0. The highest BCUT2D eigenvalue weighted by Gasteiger charge is 2.42. The molecule has 0 N–H and O–H groups in total. The molecule has 1 aromatic heterocycles. The van der Waals surface area contributed by atoms with E-state index in [1.165, 1.54) is 12.8 Å². The summed E-state index contributed by atoms with van der Waals surface area (Å²) in [5, 5.41) is 0. The average molecular weight is 344 g/mol. The summed E-state index contributed by atoms with van der Waals surface area (Å²) in [7, 11) is 4.11. The van der Waals surface area contributed by atoms with Gasteiger partial charge in [-0.1, -0.05) is 19.8 Å². The molecule has 0 aliphatic heterocycles. The van der Waals surface area contributed by atoms with Crippen LogP contribution in [0.1, 0.15) is 37.5 Å². The zero-order chi connectivity index (χ0) is 14.0. The Kier molecular flexibility index (Phi) is 4.85. The predicted molar refractivity (Wildman–Crippen MR) is 84.8 cm³/mol. The molecule has 1 fully saturated rings. The van der Waals surface area contributed by atoms with E-state index in [9.17, 15) is 4.79 Å². The Morgan fingerprint density at radius 3 is 2.79 bits per heavy atom. The Bertz CT molecular complexity index is 457. The van der Waals surface area contributed by atoms with Gasteiger partial charge >= 0.3 is 0 Å². The van der Waals surface area contributed by atoms with Crippen molar-refractivity contribution >= 4 is 33.0 Å². The minimum absolute atomic E-state index is 0.242. The van der Waals surface area contributed by atoms with Crippen molar-refractivity contribution in [2.75, 3.05) is 14.1 Å². The lowest BCUT2D eigenvalue weighted by molar-refractivity contribution is -0.132. The zero-order valence-corrected chi connectivity index (χ0v) is 14.3. The number of ketones is 1. The van der Waals surface area contributed by atoms with Crippen LogP contribution in [-0.2, 0) is 11.2 Å². The van der Waals surface area contributed by atoms with E-state index in [2.05, 4.69) is 47.9 Å². The van der Waals surface area contributed by atoms with E-state index < -0.39 is 0 Å². The van der Waals surface area contributed by atoms with E-state index in [1.54, 1.807) is 11.3 Å². The van der Waals surface area contributed by atoms with E-state index in [1.807, 2.05) is 6.07 Å². The van der Waals surface area contributed by atoms with Crippen LogP contribution >= 0.6 is 27.3 Å². The molecule has 0 radical (unpaired) electrons. The molecule has 1 aliphatic rings. The molecular formula is C15H22BrNOS. The van der Waals surface area contributed by atoms with E-state index in [0.29, 0.717) is 18.1 Å². The molecule has 1 heterocycles. The van der Waals surface area contributed by atoms with E-state index >= 15 is 0 Å². The van der Waals surface area contributed by atoms with E-state index in [-0.39, 0.29) is 5.54 Å². The van der Waals surface area contributed by atoms with Crippen LogP contribution in [0.15, 0.2) is 15.9 Å². The first-order valence-corrected chi connectivity index (χ1v) is 8.50. The van der Waals surface area contributed by atoms with Gasteiger partial charge in [-0.15, -0.1) is 11.3 Å². The minimum Gasteiger partial charge on any atom is -0.297 e. The van der Waals surface area contributed by atoms with Gasteiger partial charge < -0.3 is 0 Å². The van der Waals surface area contributed by atoms with Crippen LogP contribution in [0, 0.1) is 5.92 Å². The molecule has 1 aliphatic carbocycles. The van der Waals surface area contributed by atoms with Gasteiger partial charge in [-0.2, -0.15) is 0 Å². The van der Waals surface area contributed by atoms with Crippen LogP contribution in [0.25, 0.3) is 0 Å². The molecule has 0 bridgehead atoms. The molecule has 1 aromatic rings. The molecule has 2 nitrogen and oxygen atoms in total. The van der Waals surface area contributed by atoms with Gasteiger partial charge in [0.05, 0.1) is 9.33 Å². The smallest absolute Gasteiger partial charge is 0.158 e. The van der Waals surface area contributed by atoms with Gasteiger partial charge in [0.25, 0.3) is 0 Å². The fourth-order valence-corrected chi connectivity index (χ4v) is 4.68. The first-order chi connectivity index (χ1) is 8.94. The lowest BCUT2D eigenvalue weighted by atomic mass is 9.72. The largest absolute Gasteiger partial charge is 0.297 e. The summed E-state index contributed by atoms with van der Waals surface area (Å²) in [6.07, 6.45) is 5.01. The molecule has 1 saturated carbocycles. The quantitative estimate of drug-likeness (QED) is 0.818. The van der Waals surface area contributed by atoms with Crippen molar-refractivity contribution in [3.63, 3.8) is 0 Å². The maximum atomic E-state index is 12.8. The lowest BCUT2D eigenvalue weighted by Crippen LogP contribution is -2.54. The van der Waals surface area contributed by atoms with Crippen LogP contribution in [0.4, 0.5) is 0 Å². The molecule has 2 unspecified atom stereocenters. The second-order valence-corrected chi connectivity index (χ2v) is 8.48. The minimum atomic E-state index is -0.242. The molecule has 0 spiro atoms. The number of carbonyl (C=O) groups excluding carboxylic acids is 1. The summed E-state index contributed by atoms with van der Waals surface area (Å²) >= 11 is 5.14. The topological polar surface area (TPSA) is 20.3 Å². The molecule has 19 heavy (non-hydrogen) atoms. The standard InChI is InChI=1S/C15H22BrNOS/c1-11-5-4-8-15(10-11,17(2)3)13(18)9-12-6-7-14(16)19-12/h6-7,11H,4-5,8-10H2,1-3H3. The summed E-state index contributed by atoms with van der Waals surface area (Å²) in [6, 6.07) is 4.08. The van der Waals surface area contributed by atoms with Gasteiger partial charge in [0.1, 0.15) is 0 Å². The number of thiophene rings is 1. The first kappa shape index (κ1) is 15.2. The van der Waals surface area contributed by atoms with Crippen LogP contribution < -0.4 is 0 Å². The van der Waals surface area contributed by atoms with Crippen LogP contribution in [0.2, 0.25) is 0 Å². The van der Waals surface area contributed by atoms with Gasteiger partial charge in [0, 0.05) is 11.3 Å². The van der Waals surface area contributed by atoms with Crippen LogP contribution in [0.3, 0.4) is 0 Å². The number of hydrogen-bond acceptors (Lipinski definition) is 3. The maximum Gasteiger partial charge on any atom is 0.158 e. The Balaban J connectivity index is 2.16. The van der Waals surface area contributed by atoms with Crippen molar-refractivity contribution in [1.29, 1.82) is 0 Å². The molecule has 0 saturated heterocycles. The number of Topliss-reactive ketones (excluding diaryl/α,β-unsaturated/α-hetero) is 1.